The van der Waals surface area contributed by atoms with Crippen molar-refractivity contribution in [2.75, 3.05) is 18.0 Å². The van der Waals surface area contributed by atoms with E-state index < -0.39 is 12.2 Å². The zero-order valence-corrected chi connectivity index (χ0v) is 15.1. The Labute approximate surface area is 161 Å². The highest BCUT2D eigenvalue weighted by Crippen LogP contribution is 2.28. The van der Waals surface area contributed by atoms with Gasteiger partial charge in [0.25, 0.3) is 0 Å². The van der Waals surface area contributed by atoms with Gasteiger partial charge in [0, 0.05) is 19.3 Å². The molecule has 1 saturated heterocycles. The Bertz CT molecular complexity index is 1090. The number of piperidine rings is 1. The summed E-state index contributed by atoms with van der Waals surface area (Å²) in [6.45, 7) is 8.34. The van der Waals surface area contributed by atoms with E-state index in [-0.39, 0.29) is 0 Å². The summed E-state index contributed by atoms with van der Waals surface area (Å²) in [7, 11) is 0. The summed E-state index contributed by atoms with van der Waals surface area (Å²) in [6.07, 6.45) is 0.853. The summed E-state index contributed by atoms with van der Waals surface area (Å²) in [5, 5.41) is 9.45. The molecule has 0 unspecified atom stereocenters. The SMILES string of the molecule is [C-]#[N+]c1ccc(Cn2c(N3CC[C@@H](F)[C@H](N)C3)nc3c(C#N)cccc32)nc1. The van der Waals surface area contributed by atoms with Gasteiger partial charge in [0.15, 0.2) is 0 Å². The molecule has 0 amide bonds. The molecule has 0 saturated carbocycles. The van der Waals surface area contributed by atoms with Crippen LogP contribution < -0.4 is 10.6 Å². The van der Waals surface area contributed by atoms with Crippen molar-refractivity contribution in [3.05, 3.63) is 59.2 Å². The molecule has 1 aliphatic rings. The summed E-state index contributed by atoms with van der Waals surface area (Å²) in [4.78, 5) is 14.4. The first-order chi connectivity index (χ1) is 13.6. The molecule has 1 aromatic carbocycles. The second kappa shape index (κ2) is 7.26. The number of aromatic nitrogens is 3. The van der Waals surface area contributed by atoms with Crippen LogP contribution in [-0.2, 0) is 6.54 Å². The highest BCUT2D eigenvalue weighted by atomic mass is 19.1. The molecule has 1 fully saturated rings. The van der Waals surface area contributed by atoms with Crippen molar-refractivity contribution in [1.82, 2.24) is 14.5 Å². The third-order valence-corrected chi connectivity index (χ3v) is 4.99. The number of imidazole rings is 1. The summed E-state index contributed by atoms with van der Waals surface area (Å²) >= 11 is 0. The number of benzene rings is 1. The van der Waals surface area contributed by atoms with Crippen molar-refractivity contribution in [2.45, 2.75) is 25.2 Å². The van der Waals surface area contributed by atoms with Gasteiger partial charge in [-0.05, 0) is 24.6 Å². The van der Waals surface area contributed by atoms with Gasteiger partial charge in [0.05, 0.1) is 35.9 Å². The largest absolute Gasteiger partial charge is 0.340 e. The van der Waals surface area contributed by atoms with Gasteiger partial charge in [-0.15, -0.1) is 0 Å². The van der Waals surface area contributed by atoms with Crippen molar-refractivity contribution >= 4 is 22.7 Å². The molecule has 0 aliphatic carbocycles. The minimum Gasteiger partial charge on any atom is -0.340 e. The van der Waals surface area contributed by atoms with E-state index in [0.717, 1.165) is 11.2 Å². The first-order valence-corrected chi connectivity index (χ1v) is 8.97. The highest BCUT2D eigenvalue weighted by Gasteiger charge is 2.29. The number of fused-ring (bicyclic) bond motifs is 1. The lowest BCUT2D eigenvalue weighted by molar-refractivity contribution is 0.243. The second-order valence-electron chi connectivity index (χ2n) is 6.82. The number of rotatable bonds is 3. The van der Waals surface area contributed by atoms with E-state index in [1.807, 2.05) is 21.6 Å². The summed E-state index contributed by atoms with van der Waals surface area (Å²) in [5.74, 6) is 0.649. The first-order valence-electron chi connectivity index (χ1n) is 8.97. The molecule has 0 spiro atoms. The van der Waals surface area contributed by atoms with Crippen LogP contribution in [0.3, 0.4) is 0 Å². The van der Waals surface area contributed by atoms with E-state index in [0.29, 0.717) is 48.8 Å². The van der Waals surface area contributed by atoms with Crippen LogP contribution in [0, 0.1) is 17.9 Å². The predicted octanol–water partition coefficient (Wildman–Crippen LogP) is 2.78. The van der Waals surface area contributed by atoms with Gasteiger partial charge in [0.2, 0.25) is 11.6 Å². The highest BCUT2D eigenvalue weighted by molar-refractivity contribution is 5.84. The number of hydrogen-bond acceptors (Lipinski definition) is 5. The molecule has 3 aromatic rings. The van der Waals surface area contributed by atoms with Crippen molar-refractivity contribution in [3.8, 4) is 6.07 Å². The van der Waals surface area contributed by atoms with Gasteiger partial charge < -0.3 is 15.2 Å². The van der Waals surface area contributed by atoms with Gasteiger partial charge in [-0.3, -0.25) is 4.98 Å². The van der Waals surface area contributed by atoms with Crippen LogP contribution in [-0.4, -0.2) is 39.8 Å². The van der Waals surface area contributed by atoms with Crippen molar-refractivity contribution < 1.29 is 4.39 Å². The minimum absolute atomic E-state index is 0.341. The third kappa shape index (κ3) is 3.15. The maximum Gasteiger partial charge on any atom is 0.207 e. The van der Waals surface area contributed by atoms with Crippen LogP contribution in [0.4, 0.5) is 16.0 Å². The van der Waals surface area contributed by atoms with Crippen LogP contribution >= 0.6 is 0 Å². The molecular weight excluding hydrogens is 357 g/mol. The monoisotopic (exact) mass is 375 g/mol. The number of hydrogen-bond donors (Lipinski definition) is 1. The van der Waals surface area contributed by atoms with E-state index in [1.165, 1.54) is 6.20 Å². The molecule has 4 rings (SSSR count). The average Bonchev–Trinajstić information content (AvgIpc) is 3.09. The smallest absolute Gasteiger partial charge is 0.207 e. The van der Waals surface area contributed by atoms with Gasteiger partial charge in [-0.1, -0.05) is 12.1 Å². The molecule has 1 aliphatic heterocycles. The number of nitrogens with zero attached hydrogens (tertiary/aromatic N) is 6. The van der Waals surface area contributed by atoms with Gasteiger partial charge in [-0.25, -0.2) is 14.2 Å². The van der Waals surface area contributed by atoms with E-state index in [2.05, 4.69) is 15.9 Å². The van der Waals surface area contributed by atoms with Crippen molar-refractivity contribution in [2.24, 2.45) is 5.73 Å². The first kappa shape index (κ1) is 17.9. The number of halogens is 1. The third-order valence-electron chi connectivity index (χ3n) is 4.99. The van der Waals surface area contributed by atoms with Crippen LogP contribution in [0.5, 0.6) is 0 Å². The number of nitrogens with two attached hydrogens (primary N) is 1. The Kier molecular flexibility index (Phi) is 4.64. The Morgan fingerprint density at radius 1 is 1.36 bits per heavy atom. The van der Waals surface area contributed by atoms with Crippen molar-refractivity contribution in [1.29, 1.82) is 5.26 Å². The lowest BCUT2D eigenvalue weighted by Gasteiger charge is -2.34. The zero-order chi connectivity index (χ0) is 19.7. The molecule has 0 bridgehead atoms. The minimum atomic E-state index is -1.02. The lowest BCUT2D eigenvalue weighted by atomic mass is 10.1. The van der Waals surface area contributed by atoms with Gasteiger partial charge >= 0.3 is 0 Å². The molecular formula is C20H18FN7. The van der Waals surface area contributed by atoms with Gasteiger partial charge in [-0.2, -0.15) is 5.26 Å². The fourth-order valence-electron chi connectivity index (χ4n) is 3.50. The zero-order valence-electron chi connectivity index (χ0n) is 15.1. The molecule has 3 heterocycles. The predicted molar refractivity (Wildman–Crippen MR) is 104 cm³/mol. The fraction of sp³-hybridized carbons (Fsp3) is 0.300. The molecule has 28 heavy (non-hydrogen) atoms. The average molecular weight is 375 g/mol. The molecule has 0 radical (unpaired) electrons. The van der Waals surface area contributed by atoms with E-state index in [4.69, 9.17) is 17.3 Å². The van der Waals surface area contributed by atoms with Crippen LogP contribution in [0.2, 0.25) is 0 Å². The summed E-state index contributed by atoms with van der Waals surface area (Å²) in [6, 6.07) is 10.6. The van der Waals surface area contributed by atoms with E-state index in [9.17, 15) is 9.65 Å². The van der Waals surface area contributed by atoms with E-state index >= 15 is 0 Å². The molecule has 2 aromatic heterocycles. The fourth-order valence-corrected chi connectivity index (χ4v) is 3.50. The molecule has 2 atom stereocenters. The Hall–Kier alpha value is -3.49. The Balaban J connectivity index is 1.80. The molecule has 7 nitrogen and oxygen atoms in total. The maximum absolute atomic E-state index is 13.9. The number of nitriles is 1. The number of alkyl halides is 1. The Morgan fingerprint density at radius 3 is 2.89 bits per heavy atom. The summed E-state index contributed by atoms with van der Waals surface area (Å²) < 4.78 is 15.8. The number of anilines is 1. The summed E-state index contributed by atoms with van der Waals surface area (Å²) in [5.41, 5.74) is 9.08. The lowest BCUT2D eigenvalue weighted by Crippen LogP contribution is -2.50. The van der Waals surface area contributed by atoms with Crippen LogP contribution in [0.25, 0.3) is 15.9 Å². The van der Waals surface area contributed by atoms with Crippen LogP contribution in [0.15, 0.2) is 36.5 Å². The quantitative estimate of drug-likeness (QED) is 0.711. The standard InChI is InChI=1S/C20H18FN7/c1-24-14-5-6-15(25-10-14)11-28-18-4-2-3-13(9-22)19(18)26-20(28)27-8-7-16(21)17(23)12-27/h2-6,10,16-17H,7-8,11-12,23H2/t16-,17-/m1/s1. The molecule has 2 N–H and O–H groups in total. The van der Waals surface area contributed by atoms with Gasteiger partial charge in [0.1, 0.15) is 17.8 Å². The van der Waals surface area contributed by atoms with E-state index in [1.54, 1.807) is 18.2 Å². The normalized spacial score (nSPS) is 19.4. The molecule has 140 valence electrons. The topological polar surface area (TPSA) is 88.1 Å². The number of para-hydroxylation sites is 1. The molecule has 8 heteroatoms. The number of pyridine rings is 1. The Morgan fingerprint density at radius 2 is 2.21 bits per heavy atom. The van der Waals surface area contributed by atoms with Crippen molar-refractivity contribution in [3.63, 3.8) is 0 Å². The van der Waals surface area contributed by atoms with Crippen LogP contribution in [0.1, 0.15) is 17.7 Å². The maximum atomic E-state index is 13.9. The second-order valence-corrected chi connectivity index (χ2v) is 6.82.